The van der Waals surface area contributed by atoms with E-state index in [1.54, 1.807) is 31.5 Å². The fourth-order valence-electron chi connectivity index (χ4n) is 5.13. The summed E-state index contributed by atoms with van der Waals surface area (Å²) >= 11 is 0. The highest BCUT2D eigenvalue weighted by molar-refractivity contribution is 6.15. The van der Waals surface area contributed by atoms with Crippen LogP contribution in [0.2, 0.25) is 0 Å². The fraction of sp³-hybridized carbons (Fsp3) is 0.241. The van der Waals surface area contributed by atoms with E-state index < -0.39 is 0 Å². The molecule has 188 valence electrons. The van der Waals surface area contributed by atoms with Crippen LogP contribution in [-0.4, -0.2) is 58.6 Å². The van der Waals surface area contributed by atoms with Crippen LogP contribution in [0.25, 0.3) is 17.0 Å². The van der Waals surface area contributed by atoms with Gasteiger partial charge in [-0.3, -0.25) is 9.69 Å². The van der Waals surface area contributed by atoms with Crippen molar-refractivity contribution in [3.05, 3.63) is 83.4 Å². The molecule has 4 heterocycles. The predicted octanol–water partition coefficient (Wildman–Crippen LogP) is 4.23. The zero-order valence-corrected chi connectivity index (χ0v) is 20.8. The summed E-state index contributed by atoms with van der Waals surface area (Å²) in [6.07, 6.45) is 5.55. The molecular weight excluding hydrogens is 468 g/mol. The number of phenols is 1. The Morgan fingerprint density at radius 3 is 2.70 bits per heavy atom. The number of aromatic hydroxyl groups is 1. The topological polar surface area (TPSA) is 80.1 Å². The molecule has 2 aliphatic heterocycles. The van der Waals surface area contributed by atoms with Gasteiger partial charge >= 0.3 is 0 Å². The molecule has 0 bridgehead atoms. The number of rotatable bonds is 5. The zero-order valence-electron chi connectivity index (χ0n) is 20.8. The maximum Gasteiger partial charge on any atom is 0.231 e. The zero-order chi connectivity index (χ0) is 25.5. The molecule has 2 aromatic heterocycles. The third kappa shape index (κ3) is 4.19. The van der Waals surface area contributed by atoms with Gasteiger partial charge in [0.1, 0.15) is 23.1 Å². The molecule has 4 aromatic rings. The second-order valence-corrected chi connectivity index (χ2v) is 9.41. The Morgan fingerprint density at radius 1 is 1.11 bits per heavy atom. The SMILES string of the molecule is COc1ccc2c(c1)c(/C=C1/Oc3c(ccc(O)c3CN3CCN(c4ccccn4)CC3)C1=O)cn2C. The summed E-state index contributed by atoms with van der Waals surface area (Å²) in [5, 5.41) is 11.7. The first-order valence-corrected chi connectivity index (χ1v) is 12.3. The van der Waals surface area contributed by atoms with Crippen LogP contribution in [0.3, 0.4) is 0 Å². The molecule has 2 aliphatic rings. The number of aromatic nitrogens is 2. The number of aryl methyl sites for hydroxylation is 1. The van der Waals surface area contributed by atoms with E-state index in [0.717, 1.165) is 54.2 Å². The number of piperazine rings is 1. The van der Waals surface area contributed by atoms with Crippen LogP contribution >= 0.6 is 0 Å². The number of carbonyl (C=O) groups is 1. The number of ketones is 1. The maximum absolute atomic E-state index is 13.3. The standard InChI is InChI=1S/C29H28N4O4/c1-31-17-19(22-16-20(36-2)6-8-24(22)31)15-26-28(35)21-7-9-25(34)23(29(21)37-26)18-32-11-13-33(14-12-32)27-5-3-4-10-30-27/h3-10,15-17,34H,11-14,18H2,1-2H3/b26-15+. The van der Waals surface area contributed by atoms with Crippen molar-refractivity contribution in [3.63, 3.8) is 0 Å². The normalized spacial score (nSPS) is 16.9. The minimum atomic E-state index is -0.184. The highest BCUT2D eigenvalue weighted by Gasteiger charge is 2.32. The van der Waals surface area contributed by atoms with Gasteiger partial charge in [-0.1, -0.05) is 6.07 Å². The molecule has 0 radical (unpaired) electrons. The lowest BCUT2D eigenvalue weighted by molar-refractivity contribution is 0.101. The second-order valence-electron chi connectivity index (χ2n) is 9.41. The molecule has 0 aliphatic carbocycles. The molecule has 1 fully saturated rings. The third-order valence-electron chi connectivity index (χ3n) is 7.16. The van der Waals surface area contributed by atoms with Crippen molar-refractivity contribution in [1.29, 1.82) is 0 Å². The molecule has 0 spiro atoms. The van der Waals surface area contributed by atoms with Gasteiger partial charge in [-0.15, -0.1) is 0 Å². The summed E-state index contributed by atoms with van der Waals surface area (Å²) in [7, 11) is 3.60. The van der Waals surface area contributed by atoms with E-state index in [0.29, 0.717) is 23.4 Å². The summed E-state index contributed by atoms with van der Waals surface area (Å²) in [5.41, 5.74) is 3.01. The number of ether oxygens (including phenoxy) is 2. The highest BCUT2D eigenvalue weighted by atomic mass is 16.5. The summed E-state index contributed by atoms with van der Waals surface area (Å²) < 4.78 is 13.5. The summed E-state index contributed by atoms with van der Waals surface area (Å²) in [6, 6.07) is 15.0. The number of Topliss-reactive ketones (excluding diaryl/α,β-unsaturated/α-hetero) is 1. The van der Waals surface area contributed by atoms with E-state index in [9.17, 15) is 9.90 Å². The van der Waals surface area contributed by atoms with Crippen LogP contribution in [0.1, 0.15) is 21.5 Å². The van der Waals surface area contributed by atoms with Gasteiger partial charge in [0.15, 0.2) is 5.76 Å². The Bertz CT molecular complexity index is 1520. The average Bonchev–Trinajstić information content (AvgIpc) is 3.42. The number of fused-ring (bicyclic) bond motifs is 2. The minimum absolute atomic E-state index is 0.134. The van der Waals surface area contributed by atoms with Crippen LogP contribution in [0.5, 0.6) is 17.2 Å². The van der Waals surface area contributed by atoms with E-state index in [1.807, 2.05) is 54.2 Å². The summed E-state index contributed by atoms with van der Waals surface area (Å²) in [5.74, 6) is 2.36. The van der Waals surface area contributed by atoms with Gasteiger partial charge in [0, 0.05) is 68.6 Å². The van der Waals surface area contributed by atoms with Gasteiger partial charge in [0.05, 0.1) is 18.2 Å². The van der Waals surface area contributed by atoms with Crippen molar-refractivity contribution >= 4 is 28.6 Å². The first-order chi connectivity index (χ1) is 18.0. The number of pyridine rings is 1. The monoisotopic (exact) mass is 496 g/mol. The van der Waals surface area contributed by atoms with Crippen LogP contribution in [0, 0.1) is 0 Å². The number of benzene rings is 2. The highest BCUT2D eigenvalue weighted by Crippen LogP contribution is 2.41. The van der Waals surface area contributed by atoms with Gasteiger partial charge < -0.3 is 24.0 Å². The first-order valence-electron chi connectivity index (χ1n) is 12.3. The molecule has 1 saturated heterocycles. The number of anilines is 1. The molecule has 0 amide bonds. The number of phenolic OH excluding ortho intramolecular Hbond substituents is 1. The molecule has 0 atom stereocenters. The van der Waals surface area contributed by atoms with Gasteiger partial charge in [0.25, 0.3) is 0 Å². The van der Waals surface area contributed by atoms with Crippen molar-refractivity contribution in [1.82, 2.24) is 14.5 Å². The number of carbonyl (C=O) groups excluding carboxylic acids is 1. The molecular formula is C29H28N4O4. The lowest BCUT2D eigenvalue weighted by Gasteiger charge is -2.35. The second kappa shape index (κ2) is 9.29. The van der Waals surface area contributed by atoms with Crippen LogP contribution in [0.4, 0.5) is 5.82 Å². The van der Waals surface area contributed by atoms with E-state index >= 15 is 0 Å². The van der Waals surface area contributed by atoms with Gasteiger partial charge in [0.2, 0.25) is 5.78 Å². The minimum Gasteiger partial charge on any atom is -0.507 e. The van der Waals surface area contributed by atoms with Gasteiger partial charge in [-0.2, -0.15) is 0 Å². The predicted molar refractivity (Wildman–Crippen MR) is 142 cm³/mol. The molecule has 0 unspecified atom stereocenters. The number of nitrogens with zero attached hydrogens (tertiary/aromatic N) is 4. The summed E-state index contributed by atoms with van der Waals surface area (Å²) in [4.78, 5) is 22.3. The molecule has 8 heteroatoms. The molecule has 8 nitrogen and oxygen atoms in total. The van der Waals surface area contributed by atoms with E-state index in [4.69, 9.17) is 9.47 Å². The largest absolute Gasteiger partial charge is 0.507 e. The Labute approximate surface area is 215 Å². The Morgan fingerprint density at radius 2 is 1.95 bits per heavy atom. The van der Waals surface area contributed by atoms with Crippen molar-refractivity contribution in [2.45, 2.75) is 6.54 Å². The quantitative estimate of drug-likeness (QED) is 0.414. The number of hydrogen-bond donors (Lipinski definition) is 1. The first kappa shape index (κ1) is 23.1. The third-order valence-corrected chi connectivity index (χ3v) is 7.16. The van der Waals surface area contributed by atoms with Crippen molar-refractivity contribution in [3.8, 4) is 17.2 Å². The van der Waals surface area contributed by atoms with Gasteiger partial charge in [-0.25, -0.2) is 4.98 Å². The fourth-order valence-corrected chi connectivity index (χ4v) is 5.13. The maximum atomic E-state index is 13.3. The van der Waals surface area contributed by atoms with Crippen LogP contribution in [-0.2, 0) is 13.6 Å². The average molecular weight is 497 g/mol. The number of hydrogen-bond acceptors (Lipinski definition) is 7. The van der Waals surface area contributed by atoms with Crippen molar-refractivity contribution < 1.29 is 19.4 Å². The van der Waals surface area contributed by atoms with Gasteiger partial charge in [-0.05, 0) is 48.5 Å². The smallest absolute Gasteiger partial charge is 0.231 e. The van der Waals surface area contributed by atoms with Crippen LogP contribution in [0.15, 0.2) is 66.7 Å². The lowest BCUT2D eigenvalue weighted by atomic mass is 10.0. The van der Waals surface area contributed by atoms with Crippen LogP contribution < -0.4 is 14.4 Å². The lowest BCUT2D eigenvalue weighted by Crippen LogP contribution is -2.46. The molecule has 6 rings (SSSR count). The van der Waals surface area contributed by atoms with E-state index in [-0.39, 0.29) is 17.3 Å². The Balaban J connectivity index is 1.25. The molecule has 37 heavy (non-hydrogen) atoms. The van der Waals surface area contributed by atoms with E-state index in [2.05, 4.69) is 14.8 Å². The Kier molecular flexibility index (Phi) is 5.81. The molecule has 0 saturated carbocycles. The summed E-state index contributed by atoms with van der Waals surface area (Å²) in [6.45, 7) is 3.80. The number of methoxy groups -OCH3 is 1. The van der Waals surface area contributed by atoms with Crippen molar-refractivity contribution in [2.24, 2.45) is 7.05 Å². The van der Waals surface area contributed by atoms with Crippen molar-refractivity contribution in [2.75, 3.05) is 38.2 Å². The molecule has 2 aromatic carbocycles. The number of allylic oxidation sites excluding steroid dienone is 1. The Hall–Kier alpha value is -4.30. The molecule has 1 N–H and O–H groups in total. The van der Waals surface area contributed by atoms with E-state index in [1.165, 1.54) is 0 Å².